The third-order valence-corrected chi connectivity index (χ3v) is 6.45. The molecule has 12 heteroatoms. The van der Waals surface area contributed by atoms with Gasteiger partial charge in [-0.15, -0.1) is 0 Å². The Labute approximate surface area is 227 Å². The number of nitrogens with zero attached hydrogens (tertiary/aromatic N) is 4. The molecule has 1 aromatic carbocycles. The van der Waals surface area contributed by atoms with E-state index in [-0.39, 0.29) is 63.8 Å². The van der Waals surface area contributed by atoms with Crippen LogP contribution in [0.2, 0.25) is 0 Å². The molecule has 3 amide bonds. The molecule has 1 fully saturated rings. The molecule has 39 heavy (non-hydrogen) atoms. The summed E-state index contributed by atoms with van der Waals surface area (Å²) in [4.78, 5) is 62.0. The van der Waals surface area contributed by atoms with Crippen LogP contribution in [0.5, 0.6) is 0 Å². The molecule has 0 spiro atoms. The van der Waals surface area contributed by atoms with Gasteiger partial charge in [0, 0.05) is 43.6 Å². The molecule has 0 saturated carbocycles. The van der Waals surface area contributed by atoms with E-state index >= 15 is 0 Å². The van der Waals surface area contributed by atoms with Gasteiger partial charge < -0.3 is 30.1 Å². The number of ether oxygens (including phenoxy) is 1. The van der Waals surface area contributed by atoms with Crippen LogP contribution in [0.1, 0.15) is 49.8 Å². The molecule has 3 N–H and O–H groups in total. The predicted octanol–water partition coefficient (Wildman–Crippen LogP) is 1.68. The lowest BCUT2D eigenvalue weighted by atomic mass is 9.89. The fourth-order valence-electron chi connectivity index (χ4n) is 4.01. The van der Waals surface area contributed by atoms with Gasteiger partial charge in [0.25, 0.3) is 5.91 Å². The number of hydrogen-bond donors (Lipinski definition) is 3. The van der Waals surface area contributed by atoms with Crippen molar-refractivity contribution in [2.24, 2.45) is 0 Å². The number of carbonyl (C=O) groups is 4. The Morgan fingerprint density at radius 2 is 1.69 bits per heavy atom. The summed E-state index contributed by atoms with van der Waals surface area (Å²) in [6.07, 6.45) is -0.912. The number of benzene rings is 1. The van der Waals surface area contributed by atoms with Gasteiger partial charge in [-0.3, -0.25) is 14.4 Å². The van der Waals surface area contributed by atoms with Crippen LogP contribution in [0.3, 0.4) is 0 Å². The summed E-state index contributed by atoms with van der Waals surface area (Å²) in [5.41, 5.74) is 0.312. The number of aromatic nitrogens is 2. The van der Waals surface area contributed by atoms with Gasteiger partial charge in [0.05, 0.1) is 18.9 Å². The lowest BCUT2D eigenvalue weighted by molar-refractivity contribution is -0.138. The van der Waals surface area contributed by atoms with Gasteiger partial charge in [-0.1, -0.05) is 44.2 Å². The summed E-state index contributed by atoms with van der Waals surface area (Å²) in [6.45, 7) is 6.25. The Morgan fingerprint density at radius 3 is 2.28 bits per heavy atom. The van der Waals surface area contributed by atoms with Gasteiger partial charge in [0.1, 0.15) is 11.7 Å². The molecule has 2 heterocycles. The first-order valence-corrected chi connectivity index (χ1v) is 12.8. The zero-order valence-corrected chi connectivity index (χ0v) is 22.4. The standard InChI is InChI=1S/C27H35N5O7/c1-4-39-26(38)32-14-12-31(13-15-32)25(37)19(10-11-22(34)35)29-24(36)20-16-21(27(2,3)17-33)30-23(28-20)18-8-6-5-7-9-18/h5-9,16,19,33H,4,10-15,17H2,1-3H3,(H,29,36)(H,34,35)/t19-/m0/s1. The van der Waals surface area contributed by atoms with Crippen molar-refractivity contribution < 1.29 is 34.1 Å². The molecule has 0 unspecified atom stereocenters. The van der Waals surface area contributed by atoms with Crippen molar-refractivity contribution in [3.05, 3.63) is 47.8 Å². The van der Waals surface area contributed by atoms with Gasteiger partial charge in [-0.25, -0.2) is 14.8 Å². The van der Waals surface area contributed by atoms with E-state index in [1.54, 1.807) is 32.9 Å². The summed E-state index contributed by atoms with van der Waals surface area (Å²) in [5.74, 6) is -1.93. The number of carbonyl (C=O) groups excluding carboxylic acids is 3. The van der Waals surface area contributed by atoms with Crippen molar-refractivity contribution in [2.45, 2.75) is 45.1 Å². The number of nitrogens with one attached hydrogen (secondary N) is 1. The lowest BCUT2D eigenvalue weighted by Crippen LogP contribution is -2.56. The third kappa shape index (κ3) is 7.73. The fourth-order valence-corrected chi connectivity index (χ4v) is 4.01. The fraction of sp³-hybridized carbons (Fsp3) is 0.481. The second kappa shape index (κ2) is 13.1. The molecule has 1 aromatic heterocycles. The average molecular weight is 542 g/mol. The maximum absolute atomic E-state index is 13.4. The molecular weight excluding hydrogens is 506 g/mol. The van der Waals surface area contributed by atoms with E-state index in [2.05, 4.69) is 15.3 Å². The monoisotopic (exact) mass is 541 g/mol. The van der Waals surface area contributed by atoms with Crippen LogP contribution >= 0.6 is 0 Å². The molecule has 1 aliphatic heterocycles. The first-order valence-electron chi connectivity index (χ1n) is 12.8. The van der Waals surface area contributed by atoms with Gasteiger partial charge in [-0.2, -0.15) is 0 Å². The number of carboxylic acids is 1. The van der Waals surface area contributed by atoms with Crippen molar-refractivity contribution in [2.75, 3.05) is 39.4 Å². The Kier molecular flexibility index (Phi) is 9.94. The molecule has 0 aliphatic carbocycles. The molecule has 0 radical (unpaired) electrons. The second-order valence-electron chi connectivity index (χ2n) is 9.84. The number of aliphatic carboxylic acids is 1. The van der Waals surface area contributed by atoms with E-state index in [1.807, 2.05) is 18.2 Å². The maximum Gasteiger partial charge on any atom is 0.409 e. The van der Waals surface area contributed by atoms with Crippen LogP contribution in [-0.2, 0) is 19.7 Å². The highest BCUT2D eigenvalue weighted by molar-refractivity contribution is 5.96. The largest absolute Gasteiger partial charge is 0.481 e. The van der Waals surface area contributed by atoms with E-state index in [0.29, 0.717) is 11.3 Å². The van der Waals surface area contributed by atoms with Crippen LogP contribution < -0.4 is 5.32 Å². The second-order valence-corrected chi connectivity index (χ2v) is 9.84. The summed E-state index contributed by atoms with van der Waals surface area (Å²) in [5, 5.41) is 21.8. The minimum Gasteiger partial charge on any atom is -0.481 e. The smallest absolute Gasteiger partial charge is 0.409 e. The van der Waals surface area contributed by atoms with E-state index in [9.17, 15) is 29.4 Å². The Morgan fingerprint density at radius 1 is 1.05 bits per heavy atom. The summed E-state index contributed by atoms with van der Waals surface area (Å²) in [6, 6.07) is 9.39. The van der Waals surface area contributed by atoms with E-state index in [0.717, 1.165) is 0 Å². The molecule has 3 rings (SSSR count). The Hall–Kier alpha value is -4.06. The molecule has 2 aromatic rings. The maximum atomic E-state index is 13.4. The minimum absolute atomic E-state index is 0.0133. The van der Waals surface area contributed by atoms with Crippen molar-refractivity contribution in [1.82, 2.24) is 25.1 Å². The normalized spacial score (nSPS) is 14.5. The Bertz CT molecular complexity index is 1180. The minimum atomic E-state index is -1.12. The molecule has 1 atom stereocenters. The van der Waals surface area contributed by atoms with Crippen LogP contribution in [0.25, 0.3) is 11.4 Å². The SMILES string of the molecule is CCOC(=O)N1CCN(C(=O)[C@H](CCC(=O)O)NC(=O)c2cc(C(C)(C)CO)nc(-c3ccccc3)n2)CC1. The number of aliphatic hydroxyl groups is 1. The van der Waals surface area contributed by atoms with Gasteiger partial charge in [-0.05, 0) is 19.4 Å². The van der Waals surface area contributed by atoms with E-state index < -0.39 is 35.3 Å². The molecule has 0 bridgehead atoms. The Balaban J connectivity index is 1.84. The quantitative estimate of drug-likeness (QED) is 0.406. The van der Waals surface area contributed by atoms with E-state index in [4.69, 9.17) is 4.74 Å². The lowest BCUT2D eigenvalue weighted by Gasteiger charge is -2.36. The van der Waals surface area contributed by atoms with Gasteiger partial charge >= 0.3 is 12.1 Å². The van der Waals surface area contributed by atoms with Crippen LogP contribution in [0.4, 0.5) is 4.79 Å². The number of amides is 3. The molecule has 1 saturated heterocycles. The third-order valence-electron chi connectivity index (χ3n) is 6.45. The summed E-state index contributed by atoms with van der Waals surface area (Å²) >= 11 is 0. The first-order chi connectivity index (χ1) is 18.6. The van der Waals surface area contributed by atoms with Crippen LogP contribution in [0.15, 0.2) is 36.4 Å². The highest BCUT2D eigenvalue weighted by atomic mass is 16.6. The number of carboxylic acid groups (broad SMARTS) is 1. The predicted molar refractivity (Wildman–Crippen MR) is 141 cm³/mol. The topological polar surface area (TPSA) is 162 Å². The van der Waals surface area contributed by atoms with Crippen molar-refractivity contribution in [3.8, 4) is 11.4 Å². The van der Waals surface area contributed by atoms with Crippen LogP contribution in [0, 0.1) is 0 Å². The number of piperazine rings is 1. The number of rotatable bonds is 10. The molecular formula is C27H35N5O7. The van der Waals surface area contributed by atoms with Crippen molar-refractivity contribution in [3.63, 3.8) is 0 Å². The molecule has 1 aliphatic rings. The van der Waals surface area contributed by atoms with Crippen molar-refractivity contribution in [1.29, 1.82) is 0 Å². The zero-order valence-electron chi connectivity index (χ0n) is 22.4. The first kappa shape index (κ1) is 29.5. The van der Waals surface area contributed by atoms with Crippen molar-refractivity contribution >= 4 is 23.9 Å². The molecule has 12 nitrogen and oxygen atoms in total. The number of hydrogen-bond acceptors (Lipinski definition) is 8. The number of aliphatic hydroxyl groups excluding tert-OH is 1. The van der Waals surface area contributed by atoms with E-state index in [1.165, 1.54) is 15.9 Å². The highest BCUT2D eigenvalue weighted by Gasteiger charge is 2.32. The summed E-state index contributed by atoms with van der Waals surface area (Å²) in [7, 11) is 0. The van der Waals surface area contributed by atoms with Gasteiger partial charge in [0.15, 0.2) is 5.82 Å². The summed E-state index contributed by atoms with van der Waals surface area (Å²) < 4.78 is 5.01. The van der Waals surface area contributed by atoms with Crippen LogP contribution in [-0.4, -0.2) is 99.3 Å². The highest BCUT2D eigenvalue weighted by Crippen LogP contribution is 2.24. The molecule has 210 valence electrons. The van der Waals surface area contributed by atoms with Gasteiger partial charge in [0.2, 0.25) is 5.91 Å². The average Bonchev–Trinajstić information content (AvgIpc) is 2.95. The zero-order chi connectivity index (χ0) is 28.6.